The summed E-state index contributed by atoms with van der Waals surface area (Å²) in [6, 6.07) is 0. The maximum Gasteiger partial charge on any atom is 0.418 e. The number of alkyl halides is 3. The van der Waals surface area contributed by atoms with Crippen molar-refractivity contribution in [3.05, 3.63) is 0 Å². The molecule has 0 bridgehead atoms. The Labute approximate surface area is 110 Å². The van der Waals surface area contributed by atoms with E-state index in [2.05, 4.69) is 5.32 Å². The molecule has 0 saturated carbocycles. The standard InChI is InChI=1S/C11H17F3N2OS/c12-11(13,14)10(3-4-15-8-10)17-7-6-16-5-1-2-9(16)18/h15H,1-8H2. The predicted molar refractivity (Wildman–Crippen MR) is 65.6 cm³/mol. The Bertz CT molecular complexity index is 316. The summed E-state index contributed by atoms with van der Waals surface area (Å²) >= 11 is 5.13. The Morgan fingerprint density at radius 2 is 2.22 bits per heavy atom. The molecule has 1 unspecified atom stereocenters. The Morgan fingerprint density at radius 1 is 1.44 bits per heavy atom. The van der Waals surface area contributed by atoms with Crippen molar-refractivity contribution in [3.63, 3.8) is 0 Å². The zero-order valence-corrected chi connectivity index (χ0v) is 10.9. The van der Waals surface area contributed by atoms with E-state index in [0.717, 1.165) is 24.4 Å². The van der Waals surface area contributed by atoms with Gasteiger partial charge in [-0.2, -0.15) is 13.2 Å². The second-order valence-corrected chi connectivity index (χ2v) is 5.22. The third-order valence-corrected chi connectivity index (χ3v) is 4.01. The first kappa shape index (κ1) is 14.0. The molecule has 1 N–H and O–H groups in total. The number of likely N-dealkylation sites (tertiary alicyclic amines) is 1. The van der Waals surface area contributed by atoms with Gasteiger partial charge in [-0.25, -0.2) is 0 Å². The number of nitrogens with one attached hydrogen (secondary N) is 1. The summed E-state index contributed by atoms with van der Waals surface area (Å²) < 4.78 is 44.1. The van der Waals surface area contributed by atoms with Crippen LogP contribution in [0.3, 0.4) is 0 Å². The van der Waals surface area contributed by atoms with Crippen LogP contribution in [0.2, 0.25) is 0 Å². The molecule has 0 spiro atoms. The van der Waals surface area contributed by atoms with Crippen molar-refractivity contribution in [2.75, 3.05) is 32.8 Å². The van der Waals surface area contributed by atoms with Crippen molar-refractivity contribution in [1.29, 1.82) is 0 Å². The van der Waals surface area contributed by atoms with Gasteiger partial charge in [-0.1, -0.05) is 12.2 Å². The topological polar surface area (TPSA) is 24.5 Å². The molecule has 0 amide bonds. The lowest BCUT2D eigenvalue weighted by Crippen LogP contribution is -2.50. The molecule has 3 nitrogen and oxygen atoms in total. The van der Waals surface area contributed by atoms with E-state index in [0.29, 0.717) is 13.1 Å². The van der Waals surface area contributed by atoms with Gasteiger partial charge < -0.3 is 15.0 Å². The van der Waals surface area contributed by atoms with Crippen LogP contribution >= 0.6 is 12.2 Å². The van der Waals surface area contributed by atoms with Crippen LogP contribution in [0, 0.1) is 0 Å². The molecule has 2 aliphatic rings. The highest BCUT2D eigenvalue weighted by molar-refractivity contribution is 7.80. The highest BCUT2D eigenvalue weighted by atomic mass is 32.1. The van der Waals surface area contributed by atoms with E-state index in [4.69, 9.17) is 17.0 Å². The number of nitrogens with zero attached hydrogens (tertiary/aromatic N) is 1. The molecule has 7 heteroatoms. The van der Waals surface area contributed by atoms with E-state index in [-0.39, 0.29) is 19.6 Å². The maximum absolute atomic E-state index is 13.0. The summed E-state index contributed by atoms with van der Waals surface area (Å²) in [4.78, 5) is 2.77. The Balaban J connectivity index is 1.85. The van der Waals surface area contributed by atoms with Crippen molar-refractivity contribution >= 4 is 17.2 Å². The Morgan fingerprint density at radius 3 is 2.72 bits per heavy atom. The van der Waals surface area contributed by atoms with Crippen LogP contribution in [0.1, 0.15) is 19.3 Å². The largest absolute Gasteiger partial charge is 0.418 e. The minimum absolute atomic E-state index is 0.0129. The van der Waals surface area contributed by atoms with Gasteiger partial charge in [0.15, 0.2) is 5.60 Å². The van der Waals surface area contributed by atoms with E-state index in [9.17, 15) is 13.2 Å². The third-order valence-electron chi connectivity index (χ3n) is 3.54. The van der Waals surface area contributed by atoms with Crippen molar-refractivity contribution in [2.45, 2.75) is 31.0 Å². The molecule has 104 valence electrons. The van der Waals surface area contributed by atoms with E-state index < -0.39 is 11.8 Å². The fourth-order valence-corrected chi connectivity index (χ4v) is 2.73. The van der Waals surface area contributed by atoms with Gasteiger partial charge in [-0.15, -0.1) is 0 Å². The minimum Gasteiger partial charge on any atom is -0.364 e. The summed E-state index contributed by atoms with van der Waals surface area (Å²) in [5.74, 6) is 0. The van der Waals surface area contributed by atoms with Gasteiger partial charge in [0.2, 0.25) is 0 Å². The van der Waals surface area contributed by atoms with E-state index in [1.165, 1.54) is 0 Å². The Hall–Kier alpha value is -0.400. The van der Waals surface area contributed by atoms with Crippen LogP contribution in [0.4, 0.5) is 13.2 Å². The first-order valence-electron chi connectivity index (χ1n) is 6.14. The van der Waals surface area contributed by atoms with Crippen LogP contribution in [-0.4, -0.2) is 54.5 Å². The molecule has 2 rings (SSSR count). The number of hydrogen-bond donors (Lipinski definition) is 1. The molecule has 0 aromatic rings. The van der Waals surface area contributed by atoms with Crippen molar-refractivity contribution < 1.29 is 17.9 Å². The lowest BCUT2D eigenvalue weighted by atomic mass is 10.0. The quantitative estimate of drug-likeness (QED) is 0.794. The van der Waals surface area contributed by atoms with Crippen LogP contribution in [0.15, 0.2) is 0 Å². The zero-order chi connectivity index (χ0) is 13.2. The highest BCUT2D eigenvalue weighted by Crippen LogP contribution is 2.38. The highest BCUT2D eigenvalue weighted by Gasteiger charge is 2.57. The smallest absolute Gasteiger partial charge is 0.364 e. The maximum atomic E-state index is 13.0. The number of ether oxygens (including phenoxy) is 1. The molecule has 0 aliphatic carbocycles. The molecule has 2 saturated heterocycles. The van der Waals surface area contributed by atoms with E-state index >= 15 is 0 Å². The zero-order valence-electron chi connectivity index (χ0n) is 10.1. The summed E-state index contributed by atoms with van der Waals surface area (Å²) in [5, 5.41) is 2.72. The van der Waals surface area contributed by atoms with Gasteiger partial charge in [0.1, 0.15) is 0 Å². The minimum atomic E-state index is -4.32. The molecule has 0 radical (unpaired) electrons. The average Bonchev–Trinajstić information content (AvgIpc) is 2.88. The molecular formula is C11H17F3N2OS. The second-order valence-electron chi connectivity index (χ2n) is 4.75. The predicted octanol–water partition coefficient (Wildman–Crippen LogP) is 1.72. The van der Waals surface area contributed by atoms with Crippen LogP contribution in [0.5, 0.6) is 0 Å². The third kappa shape index (κ3) is 2.78. The molecular weight excluding hydrogens is 265 g/mol. The monoisotopic (exact) mass is 282 g/mol. The number of halogens is 3. The van der Waals surface area contributed by atoms with Crippen molar-refractivity contribution in [3.8, 4) is 0 Å². The summed E-state index contributed by atoms with van der Waals surface area (Å²) in [7, 11) is 0. The SMILES string of the molecule is FC(F)(F)C1(OCCN2CCCC2=S)CCNC1. The van der Waals surface area contributed by atoms with Gasteiger partial charge >= 0.3 is 6.18 Å². The van der Waals surface area contributed by atoms with E-state index in [1.54, 1.807) is 0 Å². The second kappa shape index (κ2) is 5.30. The fraction of sp³-hybridized carbons (Fsp3) is 0.909. The van der Waals surface area contributed by atoms with Crippen LogP contribution in [-0.2, 0) is 4.74 Å². The average molecular weight is 282 g/mol. The van der Waals surface area contributed by atoms with Crippen molar-refractivity contribution in [2.24, 2.45) is 0 Å². The van der Waals surface area contributed by atoms with Gasteiger partial charge in [0, 0.05) is 19.6 Å². The van der Waals surface area contributed by atoms with Gasteiger partial charge in [-0.3, -0.25) is 0 Å². The lowest BCUT2D eigenvalue weighted by molar-refractivity contribution is -0.269. The molecule has 18 heavy (non-hydrogen) atoms. The van der Waals surface area contributed by atoms with Crippen LogP contribution in [0.25, 0.3) is 0 Å². The number of hydrogen-bond acceptors (Lipinski definition) is 3. The van der Waals surface area contributed by atoms with Gasteiger partial charge in [-0.05, 0) is 25.8 Å². The Kier molecular flexibility index (Phi) is 4.13. The summed E-state index contributed by atoms with van der Waals surface area (Å²) in [5.41, 5.74) is -2.01. The normalized spacial score (nSPS) is 29.3. The van der Waals surface area contributed by atoms with Gasteiger partial charge in [0.25, 0.3) is 0 Å². The molecule has 0 aromatic carbocycles. The molecule has 2 aliphatic heterocycles. The molecule has 0 aromatic heterocycles. The summed E-state index contributed by atoms with van der Waals surface area (Å²) in [6.07, 6.45) is -2.48. The van der Waals surface area contributed by atoms with Crippen LogP contribution < -0.4 is 5.32 Å². The first-order chi connectivity index (χ1) is 8.45. The van der Waals surface area contributed by atoms with Gasteiger partial charge in [0.05, 0.1) is 11.6 Å². The summed E-state index contributed by atoms with van der Waals surface area (Å²) in [6.45, 7) is 1.56. The van der Waals surface area contributed by atoms with Crippen molar-refractivity contribution in [1.82, 2.24) is 10.2 Å². The first-order valence-corrected chi connectivity index (χ1v) is 6.55. The lowest BCUT2D eigenvalue weighted by Gasteiger charge is -2.32. The molecule has 2 fully saturated rings. The molecule has 1 atom stereocenters. The fourth-order valence-electron chi connectivity index (χ4n) is 2.41. The number of thiocarbonyl (C=S) groups is 1. The van der Waals surface area contributed by atoms with E-state index in [1.807, 2.05) is 4.90 Å². The molecule has 2 heterocycles. The number of rotatable bonds is 4.